The molecule has 0 saturated heterocycles. The average molecular weight is 474 g/mol. The normalized spacial score (nSPS) is 15.6. The Kier molecular flexibility index (Phi) is 6.62. The molecule has 1 amide bonds. The van der Waals surface area contributed by atoms with Crippen LogP contribution in [-0.4, -0.2) is 69.5 Å². The van der Waals surface area contributed by atoms with Crippen LogP contribution in [0.2, 0.25) is 0 Å². The standard InChI is InChI=1S/C25H27N7O3/c1-26-15-21(33)16-6-8-32(9-7-16)23(34)12-22-30-31-24(35-22)19-13-27-25(28-14-19)29-20-10-17-4-2-3-5-18(17)11-20/h2-6,13-14,20,26H,7-12,15H2,1H3,(H,27,28,29). The third kappa shape index (κ3) is 5.27. The summed E-state index contributed by atoms with van der Waals surface area (Å²) in [6.07, 6.45) is 7.53. The number of amides is 1. The van der Waals surface area contributed by atoms with Crippen molar-refractivity contribution in [2.45, 2.75) is 31.7 Å². The van der Waals surface area contributed by atoms with Crippen molar-refractivity contribution in [1.29, 1.82) is 0 Å². The van der Waals surface area contributed by atoms with Gasteiger partial charge in [-0.15, -0.1) is 10.2 Å². The maximum atomic E-state index is 12.6. The van der Waals surface area contributed by atoms with Gasteiger partial charge >= 0.3 is 0 Å². The number of ketones is 1. The van der Waals surface area contributed by atoms with Gasteiger partial charge in [-0.3, -0.25) is 9.59 Å². The predicted octanol–water partition coefficient (Wildman–Crippen LogP) is 1.60. The van der Waals surface area contributed by atoms with Crippen LogP contribution in [0.5, 0.6) is 0 Å². The van der Waals surface area contributed by atoms with Crippen LogP contribution in [0.25, 0.3) is 11.5 Å². The minimum absolute atomic E-state index is 0.00334. The zero-order valence-corrected chi connectivity index (χ0v) is 19.5. The lowest BCUT2D eigenvalue weighted by atomic mass is 10.0. The molecule has 3 aromatic rings. The molecule has 5 rings (SSSR count). The Labute approximate surface area is 202 Å². The maximum absolute atomic E-state index is 12.6. The Morgan fingerprint density at radius 3 is 2.51 bits per heavy atom. The molecule has 0 fully saturated rings. The van der Waals surface area contributed by atoms with Crippen molar-refractivity contribution in [2.24, 2.45) is 0 Å². The lowest BCUT2D eigenvalue weighted by Crippen LogP contribution is -2.37. The van der Waals surface area contributed by atoms with Gasteiger partial charge < -0.3 is 20.0 Å². The second-order valence-corrected chi connectivity index (χ2v) is 8.76. The first-order chi connectivity index (χ1) is 17.1. The number of nitrogens with one attached hydrogen (secondary N) is 2. The van der Waals surface area contributed by atoms with Gasteiger partial charge in [0.15, 0.2) is 5.78 Å². The molecule has 180 valence electrons. The van der Waals surface area contributed by atoms with E-state index in [1.54, 1.807) is 24.3 Å². The monoisotopic (exact) mass is 473 g/mol. The SMILES string of the molecule is CNCC(=O)C1=CCN(C(=O)Cc2nnc(-c3cnc(NC4Cc5ccccc5C4)nc3)o2)CC1. The summed E-state index contributed by atoms with van der Waals surface area (Å²) in [6.45, 7) is 1.20. The Morgan fingerprint density at radius 2 is 1.86 bits per heavy atom. The van der Waals surface area contributed by atoms with E-state index in [1.165, 1.54) is 11.1 Å². The Morgan fingerprint density at radius 1 is 1.11 bits per heavy atom. The molecule has 0 radical (unpaired) electrons. The number of carbonyl (C=O) groups excluding carboxylic acids is 2. The van der Waals surface area contributed by atoms with Crippen molar-refractivity contribution in [3.8, 4) is 11.5 Å². The fraction of sp³-hybridized carbons (Fsp3) is 0.360. The van der Waals surface area contributed by atoms with E-state index in [1.807, 2.05) is 6.08 Å². The Bertz CT molecular complexity index is 1230. The van der Waals surface area contributed by atoms with Crippen LogP contribution in [0.1, 0.15) is 23.4 Å². The van der Waals surface area contributed by atoms with Gasteiger partial charge in [0.25, 0.3) is 5.89 Å². The summed E-state index contributed by atoms with van der Waals surface area (Å²) in [4.78, 5) is 35.1. The topological polar surface area (TPSA) is 126 Å². The molecule has 1 aromatic carbocycles. The van der Waals surface area contributed by atoms with E-state index in [0.717, 1.165) is 18.4 Å². The number of hydrogen-bond donors (Lipinski definition) is 2. The molecule has 0 unspecified atom stereocenters. The number of anilines is 1. The number of benzene rings is 1. The second-order valence-electron chi connectivity index (χ2n) is 8.76. The lowest BCUT2D eigenvalue weighted by molar-refractivity contribution is -0.130. The molecule has 35 heavy (non-hydrogen) atoms. The average Bonchev–Trinajstić information content (AvgIpc) is 3.51. The van der Waals surface area contributed by atoms with E-state index < -0.39 is 0 Å². The largest absolute Gasteiger partial charge is 0.420 e. The van der Waals surface area contributed by atoms with Crippen molar-refractivity contribution < 1.29 is 14.0 Å². The van der Waals surface area contributed by atoms with Crippen LogP contribution in [0, 0.1) is 0 Å². The van der Waals surface area contributed by atoms with Crippen molar-refractivity contribution in [3.63, 3.8) is 0 Å². The molecule has 0 saturated carbocycles. The van der Waals surface area contributed by atoms with Crippen LogP contribution in [0.3, 0.4) is 0 Å². The molecule has 0 spiro atoms. The third-order valence-corrected chi connectivity index (χ3v) is 6.31. The van der Waals surface area contributed by atoms with Crippen LogP contribution in [-0.2, 0) is 28.9 Å². The van der Waals surface area contributed by atoms with E-state index >= 15 is 0 Å². The third-order valence-electron chi connectivity index (χ3n) is 6.31. The molecule has 2 N–H and O–H groups in total. The summed E-state index contributed by atoms with van der Waals surface area (Å²) in [5.74, 6) is 0.998. The lowest BCUT2D eigenvalue weighted by Gasteiger charge is -2.25. The first-order valence-corrected chi connectivity index (χ1v) is 11.7. The number of nitrogens with zero attached hydrogens (tertiary/aromatic N) is 5. The smallest absolute Gasteiger partial charge is 0.250 e. The summed E-state index contributed by atoms with van der Waals surface area (Å²) in [5.41, 5.74) is 4.07. The highest BCUT2D eigenvalue weighted by atomic mass is 16.4. The highest BCUT2D eigenvalue weighted by Crippen LogP contribution is 2.24. The Hall–Kier alpha value is -3.92. The number of rotatable bonds is 8. The molecule has 2 aliphatic rings. The van der Waals surface area contributed by atoms with Crippen LogP contribution >= 0.6 is 0 Å². The number of fused-ring (bicyclic) bond motifs is 1. The molecule has 10 heteroatoms. The van der Waals surface area contributed by atoms with E-state index in [-0.39, 0.29) is 35.9 Å². The van der Waals surface area contributed by atoms with Gasteiger partial charge in [-0.25, -0.2) is 9.97 Å². The van der Waals surface area contributed by atoms with Crippen molar-refractivity contribution in [3.05, 3.63) is 65.3 Å². The van der Waals surface area contributed by atoms with Crippen molar-refractivity contribution >= 4 is 17.6 Å². The van der Waals surface area contributed by atoms with Gasteiger partial charge in [-0.2, -0.15) is 0 Å². The van der Waals surface area contributed by atoms with Gasteiger partial charge in [-0.05, 0) is 43.0 Å². The molecular weight excluding hydrogens is 446 g/mol. The molecule has 2 aromatic heterocycles. The number of aromatic nitrogens is 4. The summed E-state index contributed by atoms with van der Waals surface area (Å²) in [5, 5.41) is 14.3. The van der Waals surface area contributed by atoms with E-state index in [2.05, 4.69) is 55.1 Å². The molecule has 1 aliphatic heterocycles. The first kappa shape index (κ1) is 22.9. The van der Waals surface area contributed by atoms with Crippen molar-refractivity contribution in [2.75, 3.05) is 32.0 Å². The Balaban J connectivity index is 1.15. The minimum atomic E-state index is -0.120. The van der Waals surface area contributed by atoms with Gasteiger partial charge in [0, 0.05) is 31.5 Å². The van der Waals surface area contributed by atoms with Crippen LogP contribution in [0.4, 0.5) is 5.95 Å². The fourth-order valence-electron chi connectivity index (χ4n) is 4.46. The number of hydrogen-bond acceptors (Lipinski definition) is 9. The molecule has 1 aliphatic carbocycles. The van der Waals surface area contributed by atoms with Crippen LogP contribution in [0.15, 0.2) is 52.7 Å². The van der Waals surface area contributed by atoms with Gasteiger partial charge in [0.05, 0.1) is 12.1 Å². The number of likely N-dealkylation sites (N-methyl/N-ethyl adjacent to an activating group) is 1. The fourth-order valence-corrected chi connectivity index (χ4v) is 4.46. The maximum Gasteiger partial charge on any atom is 0.250 e. The summed E-state index contributed by atoms with van der Waals surface area (Å²) >= 11 is 0. The van der Waals surface area contributed by atoms with E-state index in [0.29, 0.717) is 37.6 Å². The first-order valence-electron chi connectivity index (χ1n) is 11.7. The highest BCUT2D eigenvalue weighted by molar-refractivity contribution is 5.97. The highest BCUT2D eigenvalue weighted by Gasteiger charge is 2.23. The molecule has 3 heterocycles. The summed E-state index contributed by atoms with van der Waals surface area (Å²) < 4.78 is 5.69. The predicted molar refractivity (Wildman–Crippen MR) is 129 cm³/mol. The van der Waals surface area contributed by atoms with Gasteiger partial charge in [0.1, 0.15) is 6.42 Å². The van der Waals surface area contributed by atoms with E-state index in [9.17, 15) is 9.59 Å². The molecular formula is C25H27N7O3. The zero-order chi connectivity index (χ0) is 24.2. The molecule has 0 bridgehead atoms. The zero-order valence-electron chi connectivity index (χ0n) is 19.5. The minimum Gasteiger partial charge on any atom is -0.420 e. The van der Waals surface area contributed by atoms with Crippen molar-refractivity contribution in [1.82, 2.24) is 30.4 Å². The summed E-state index contributed by atoms with van der Waals surface area (Å²) in [6, 6.07) is 8.70. The van der Waals surface area contributed by atoms with Gasteiger partial charge in [-0.1, -0.05) is 30.3 Å². The quantitative estimate of drug-likeness (QED) is 0.501. The second kappa shape index (κ2) is 10.1. The van der Waals surface area contributed by atoms with E-state index in [4.69, 9.17) is 4.42 Å². The molecule has 0 atom stereocenters. The number of carbonyl (C=O) groups is 2. The molecule has 10 nitrogen and oxygen atoms in total. The number of Topliss-reactive ketones (excluding diaryl/α,β-unsaturated/α-hetero) is 1. The van der Waals surface area contributed by atoms with Gasteiger partial charge in [0.2, 0.25) is 17.7 Å². The summed E-state index contributed by atoms with van der Waals surface area (Å²) in [7, 11) is 1.74. The van der Waals surface area contributed by atoms with Crippen LogP contribution < -0.4 is 10.6 Å².